The van der Waals surface area contributed by atoms with Crippen LogP contribution in [0.5, 0.6) is 0 Å². The Hall–Kier alpha value is -1.83. The van der Waals surface area contributed by atoms with Gasteiger partial charge in [-0.1, -0.05) is 18.2 Å². The third kappa shape index (κ3) is 2.31. The Kier molecular flexibility index (Phi) is 3.51. The number of rotatable bonds is 1. The molecule has 0 bridgehead atoms. The van der Waals surface area contributed by atoms with Crippen molar-refractivity contribution in [1.29, 1.82) is 0 Å². The Morgan fingerprint density at radius 1 is 1.32 bits per heavy atom. The summed E-state index contributed by atoms with van der Waals surface area (Å²) < 4.78 is 39.3. The van der Waals surface area contributed by atoms with Gasteiger partial charge in [-0.05, 0) is 34.0 Å². The lowest BCUT2D eigenvalue weighted by atomic mass is 10.2. The number of alkyl halides is 3. The van der Waals surface area contributed by atoms with E-state index in [-0.39, 0.29) is 10.2 Å². The van der Waals surface area contributed by atoms with E-state index >= 15 is 0 Å². The summed E-state index contributed by atoms with van der Waals surface area (Å²) in [6, 6.07) is 7.36. The maximum Gasteiger partial charge on any atom is 0.436 e. The zero-order valence-electron chi connectivity index (χ0n) is 11.5. The Bertz CT molecular complexity index is 754. The Balaban J connectivity index is 2.03. The first kappa shape index (κ1) is 15.1. The van der Waals surface area contributed by atoms with Gasteiger partial charge in [0.15, 0.2) is 5.69 Å². The molecule has 0 spiro atoms. The van der Waals surface area contributed by atoms with Gasteiger partial charge in [0.05, 0.1) is 4.47 Å². The lowest BCUT2D eigenvalue weighted by Gasteiger charge is -2.17. The Morgan fingerprint density at radius 3 is 2.64 bits per heavy atom. The first-order valence-corrected chi connectivity index (χ1v) is 7.29. The van der Waals surface area contributed by atoms with Crippen molar-refractivity contribution in [2.45, 2.75) is 12.6 Å². The van der Waals surface area contributed by atoms with Crippen molar-refractivity contribution in [3.8, 4) is 0 Å². The van der Waals surface area contributed by atoms with Gasteiger partial charge in [0.1, 0.15) is 5.69 Å². The fraction of sp³-hybridized carbons (Fsp3) is 0.286. The summed E-state index contributed by atoms with van der Waals surface area (Å²) in [6.45, 7) is 0.442. The molecule has 1 aliphatic rings. The van der Waals surface area contributed by atoms with E-state index in [1.165, 1.54) is 11.9 Å². The molecule has 0 radical (unpaired) electrons. The summed E-state index contributed by atoms with van der Waals surface area (Å²) in [4.78, 5) is 14.1. The molecule has 0 unspecified atom stereocenters. The van der Waals surface area contributed by atoms with Crippen LogP contribution in [0.15, 0.2) is 28.7 Å². The predicted molar refractivity (Wildman–Crippen MR) is 77.7 cm³/mol. The van der Waals surface area contributed by atoms with E-state index in [9.17, 15) is 18.0 Å². The van der Waals surface area contributed by atoms with E-state index in [2.05, 4.69) is 21.0 Å². The topological polar surface area (TPSA) is 38.1 Å². The standard InChI is InChI=1S/C14H11BrF3N3O/c1-20-11(10(15)12(19-20)14(16,17)18)13(22)21-7-6-8-4-2-3-5-9(8)21/h2-5H,6-7H2,1H3. The average molecular weight is 374 g/mol. The number of benzene rings is 1. The van der Waals surface area contributed by atoms with Gasteiger partial charge >= 0.3 is 6.18 Å². The van der Waals surface area contributed by atoms with Crippen molar-refractivity contribution in [1.82, 2.24) is 9.78 Å². The third-order valence-corrected chi connectivity index (χ3v) is 4.34. The molecule has 1 aromatic carbocycles. The molecule has 0 fully saturated rings. The number of aryl methyl sites for hydroxylation is 1. The molecular formula is C14H11BrF3N3O. The fourth-order valence-corrected chi connectivity index (χ4v) is 3.32. The highest BCUT2D eigenvalue weighted by molar-refractivity contribution is 9.10. The van der Waals surface area contributed by atoms with Crippen molar-refractivity contribution < 1.29 is 18.0 Å². The van der Waals surface area contributed by atoms with Crippen LogP contribution in [0.3, 0.4) is 0 Å². The SMILES string of the molecule is Cn1nc(C(F)(F)F)c(Br)c1C(=O)N1CCc2ccccc21. The number of carbonyl (C=O) groups excluding carboxylic acids is 1. The number of fused-ring (bicyclic) bond motifs is 1. The molecule has 2 heterocycles. The summed E-state index contributed by atoms with van der Waals surface area (Å²) >= 11 is 2.87. The molecule has 3 rings (SSSR count). The molecule has 0 aliphatic carbocycles. The quantitative estimate of drug-likeness (QED) is 0.768. The van der Waals surface area contributed by atoms with E-state index in [1.54, 1.807) is 12.1 Å². The molecule has 0 saturated heterocycles. The van der Waals surface area contributed by atoms with E-state index < -0.39 is 17.8 Å². The highest BCUT2D eigenvalue weighted by atomic mass is 79.9. The number of nitrogens with zero attached hydrogens (tertiary/aromatic N) is 3. The summed E-state index contributed by atoms with van der Waals surface area (Å²) in [7, 11) is 1.33. The summed E-state index contributed by atoms with van der Waals surface area (Å²) in [5.41, 5.74) is 0.536. The maximum absolute atomic E-state index is 12.9. The van der Waals surface area contributed by atoms with Crippen LogP contribution in [-0.4, -0.2) is 22.2 Å². The second-order valence-corrected chi connectivity index (χ2v) is 5.76. The zero-order chi connectivity index (χ0) is 16.1. The van der Waals surface area contributed by atoms with E-state index in [0.29, 0.717) is 13.0 Å². The monoisotopic (exact) mass is 373 g/mol. The molecule has 0 N–H and O–H groups in total. The molecule has 1 aliphatic heterocycles. The van der Waals surface area contributed by atoms with Gasteiger partial charge in [0.25, 0.3) is 5.91 Å². The number of para-hydroxylation sites is 1. The lowest BCUT2D eigenvalue weighted by Crippen LogP contribution is -2.30. The van der Waals surface area contributed by atoms with Crippen LogP contribution in [0.25, 0.3) is 0 Å². The van der Waals surface area contributed by atoms with Crippen LogP contribution >= 0.6 is 15.9 Å². The number of hydrogen-bond donors (Lipinski definition) is 0. The van der Waals surface area contributed by atoms with Gasteiger partial charge in [-0.3, -0.25) is 9.48 Å². The second kappa shape index (κ2) is 5.12. The zero-order valence-corrected chi connectivity index (χ0v) is 13.1. The number of amides is 1. The Labute approximate surface area is 132 Å². The van der Waals surface area contributed by atoms with Crippen LogP contribution in [-0.2, 0) is 19.6 Å². The first-order chi connectivity index (χ1) is 10.3. The average Bonchev–Trinajstić information content (AvgIpc) is 2.99. The first-order valence-electron chi connectivity index (χ1n) is 6.50. The maximum atomic E-state index is 12.9. The summed E-state index contributed by atoms with van der Waals surface area (Å²) in [6.07, 6.45) is -3.93. The molecule has 116 valence electrons. The summed E-state index contributed by atoms with van der Waals surface area (Å²) in [5, 5.41) is 3.43. The minimum Gasteiger partial charge on any atom is -0.306 e. The molecule has 0 saturated carbocycles. The summed E-state index contributed by atoms with van der Waals surface area (Å²) in [5.74, 6) is -0.498. The van der Waals surface area contributed by atoms with Crippen LogP contribution < -0.4 is 4.90 Å². The van der Waals surface area contributed by atoms with Crippen LogP contribution in [0.4, 0.5) is 18.9 Å². The van der Waals surface area contributed by atoms with Crippen LogP contribution in [0.2, 0.25) is 0 Å². The van der Waals surface area contributed by atoms with Crippen molar-refractivity contribution in [2.24, 2.45) is 7.05 Å². The lowest BCUT2D eigenvalue weighted by molar-refractivity contribution is -0.142. The van der Waals surface area contributed by atoms with Gasteiger partial charge in [0, 0.05) is 19.3 Å². The minimum atomic E-state index is -4.61. The molecule has 4 nitrogen and oxygen atoms in total. The number of anilines is 1. The molecule has 22 heavy (non-hydrogen) atoms. The van der Waals surface area contributed by atoms with Gasteiger partial charge < -0.3 is 4.90 Å². The van der Waals surface area contributed by atoms with Crippen molar-refractivity contribution in [3.63, 3.8) is 0 Å². The van der Waals surface area contributed by atoms with Gasteiger partial charge in [0.2, 0.25) is 0 Å². The fourth-order valence-electron chi connectivity index (χ4n) is 2.59. The molecule has 2 aromatic rings. The molecule has 8 heteroatoms. The molecule has 1 amide bonds. The highest BCUT2D eigenvalue weighted by Crippen LogP contribution is 2.37. The molecule has 0 atom stereocenters. The number of carbonyl (C=O) groups is 1. The van der Waals surface area contributed by atoms with E-state index in [4.69, 9.17) is 0 Å². The predicted octanol–water partition coefficient (Wildman–Crippen LogP) is 3.40. The van der Waals surface area contributed by atoms with E-state index in [1.807, 2.05) is 12.1 Å². The van der Waals surface area contributed by atoms with E-state index in [0.717, 1.165) is 15.9 Å². The normalized spacial score (nSPS) is 14.3. The van der Waals surface area contributed by atoms with Gasteiger partial charge in [-0.25, -0.2) is 0 Å². The van der Waals surface area contributed by atoms with Crippen molar-refractivity contribution >= 4 is 27.5 Å². The number of hydrogen-bond acceptors (Lipinski definition) is 2. The smallest absolute Gasteiger partial charge is 0.306 e. The van der Waals surface area contributed by atoms with Crippen LogP contribution in [0, 0.1) is 0 Å². The third-order valence-electron chi connectivity index (χ3n) is 3.59. The molecule has 1 aromatic heterocycles. The van der Waals surface area contributed by atoms with Crippen molar-refractivity contribution in [2.75, 3.05) is 11.4 Å². The number of halogens is 4. The van der Waals surface area contributed by atoms with Crippen LogP contribution in [0.1, 0.15) is 21.7 Å². The Morgan fingerprint density at radius 2 is 2.00 bits per heavy atom. The highest BCUT2D eigenvalue weighted by Gasteiger charge is 2.40. The minimum absolute atomic E-state index is 0.107. The number of aromatic nitrogens is 2. The molecular weight excluding hydrogens is 363 g/mol. The largest absolute Gasteiger partial charge is 0.436 e. The van der Waals surface area contributed by atoms with Crippen molar-refractivity contribution in [3.05, 3.63) is 45.7 Å². The second-order valence-electron chi connectivity index (χ2n) is 4.97. The van der Waals surface area contributed by atoms with Gasteiger partial charge in [-0.15, -0.1) is 0 Å². The van der Waals surface area contributed by atoms with Gasteiger partial charge in [-0.2, -0.15) is 18.3 Å².